The highest BCUT2D eigenvalue weighted by Crippen LogP contribution is 2.26. The molecule has 2 rings (SSSR count). The molecule has 0 saturated heterocycles. The number of hydrogen-bond acceptors (Lipinski definition) is 6. The average Bonchev–Trinajstić information content (AvgIpc) is 2.77. The third kappa shape index (κ3) is 2.06. The van der Waals surface area contributed by atoms with Crippen molar-refractivity contribution in [3.63, 3.8) is 0 Å². The summed E-state index contributed by atoms with van der Waals surface area (Å²) >= 11 is 0. The summed E-state index contributed by atoms with van der Waals surface area (Å²) in [5.74, 6) is -0.0664. The molecule has 0 atom stereocenters. The van der Waals surface area contributed by atoms with Crippen LogP contribution in [0.2, 0.25) is 0 Å². The van der Waals surface area contributed by atoms with E-state index in [1.165, 1.54) is 12.1 Å². The molecule has 0 radical (unpaired) electrons. The normalized spacial score (nSPS) is 11.1. The maximum Gasteiger partial charge on any atom is 0.300 e. The first-order valence-electron chi connectivity index (χ1n) is 5.42. The second-order valence-electron chi connectivity index (χ2n) is 4.26. The molecule has 0 fully saturated rings. The van der Waals surface area contributed by atoms with E-state index in [0.29, 0.717) is 5.56 Å². The number of carbonyl (C=O) groups excluding carboxylic acids is 1. The number of carbonyl (C=O) groups is 1. The number of benzene rings is 1. The highest BCUT2D eigenvalue weighted by molar-refractivity contribution is 5.91. The summed E-state index contributed by atoms with van der Waals surface area (Å²) < 4.78 is 4.52. The molecule has 1 aromatic carbocycles. The van der Waals surface area contributed by atoms with Crippen molar-refractivity contribution in [3.05, 3.63) is 27.8 Å². The number of aromatic nitrogens is 2. The van der Waals surface area contributed by atoms with Crippen molar-refractivity contribution in [1.82, 2.24) is 10.3 Å². The van der Waals surface area contributed by atoms with Crippen LogP contribution in [0.3, 0.4) is 0 Å². The zero-order valence-electron chi connectivity index (χ0n) is 9.91. The number of Topliss-reactive ketones (excluding diaryl/α,β-unsaturated/α-hetero) is 1. The van der Waals surface area contributed by atoms with Gasteiger partial charge in [-0.3, -0.25) is 14.9 Å². The highest BCUT2D eigenvalue weighted by Gasteiger charge is 2.21. The van der Waals surface area contributed by atoms with Gasteiger partial charge in [0.2, 0.25) is 5.52 Å². The van der Waals surface area contributed by atoms with Gasteiger partial charge in [0.05, 0.1) is 4.92 Å². The van der Waals surface area contributed by atoms with Gasteiger partial charge < -0.3 is 0 Å². The van der Waals surface area contributed by atoms with Gasteiger partial charge in [-0.2, -0.15) is 0 Å². The molecule has 0 aliphatic carbocycles. The van der Waals surface area contributed by atoms with Gasteiger partial charge in [-0.1, -0.05) is 13.8 Å². The van der Waals surface area contributed by atoms with E-state index in [2.05, 4.69) is 14.9 Å². The topological polar surface area (TPSA) is 99.1 Å². The van der Waals surface area contributed by atoms with Crippen LogP contribution in [0.15, 0.2) is 16.8 Å². The quantitative estimate of drug-likeness (QED) is 0.606. The van der Waals surface area contributed by atoms with Crippen LogP contribution >= 0.6 is 0 Å². The number of hydrogen-bond donors (Lipinski definition) is 0. The van der Waals surface area contributed by atoms with Gasteiger partial charge in [-0.05, 0) is 21.9 Å². The molecule has 0 N–H and O–H groups in total. The van der Waals surface area contributed by atoms with E-state index in [1.54, 1.807) is 13.8 Å². The number of fused-ring (bicyclic) bond motifs is 1. The zero-order valence-corrected chi connectivity index (χ0v) is 9.91. The van der Waals surface area contributed by atoms with Crippen LogP contribution < -0.4 is 0 Å². The third-order valence-corrected chi connectivity index (χ3v) is 2.68. The summed E-state index contributed by atoms with van der Waals surface area (Å²) in [6.07, 6.45) is 0.167. The number of ketones is 1. The van der Waals surface area contributed by atoms with Gasteiger partial charge in [0.25, 0.3) is 0 Å². The molecule has 0 bridgehead atoms. The van der Waals surface area contributed by atoms with Gasteiger partial charge >= 0.3 is 5.69 Å². The first-order chi connectivity index (χ1) is 8.50. The lowest BCUT2D eigenvalue weighted by Crippen LogP contribution is -2.10. The molecule has 0 aliphatic rings. The Balaban J connectivity index is 2.48. The zero-order chi connectivity index (χ0) is 13.3. The molecule has 2 aromatic rings. The molecule has 0 aliphatic heterocycles. The van der Waals surface area contributed by atoms with E-state index in [1.807, 2.05) is 0 Å². The van der Waals surface area contributed by atoms with E-state index < -0.39 is 4.92 Å². The van der Waals surface area contributed by atoms with Gasteiger partial charge in [0.1, 0.15) is 11.3 Å². The number of non-ortho nitro benzene ring substituents is 1. The fourth-order valence-electron chi connectivity index (χ4n) is 1.59. The van der Waals surface area contributed by atoms with Crippen molar-refractivity contribution in [2.75, 3.05) is 0 Å². The number of nitro groups is 1. The van der Waals surface area contributed by atoms with Crippen LogP contribution in [0, 0.1) is 16.0 Å². The summed E-state index contributed by atoms with van der Waals surface area (Å²) in [7, 11) is 0. The number of nitro benzene ring substituents is 1. The smallest absolute Gasteiger partial charge is 0.299 e. The molecule has 0 amide bonds. The largest absolute Gasteiger partial charge is 0.300 e. The van der Waals surface area contributed by atoms with Crippen molar-refractivity contribution in [2.24, 2.45) is 5.92 Å². The van der Waals surface area contributed by atoms with Crippen molar-refractivity contribution in [1.29, 1.82) is 0 Å². The van der Waals surface area contributed by atoms with E-state index in [0.717, 1.165) is 0 Å². The summed E-state index contributed by atoms with van der Waals surface area (Å²) in [6, 6.07) is 2.83. The monoisotopic (exact) mass is 249 g/mol. The first-order valence-corrected chi connectivity index (χ1v) is 5.42. The van der Waals surface area contributed by atoms with E-state index in [9.17, 15) is 14.9 Å². The Kier molecular flexibility index (Phi) is 3.05. The summed E-state index contributed by atoms with van der Waals surface area (Å²) in [6.45, 7) is 3.60. The molecular formula is C11H11N3O4. The van der Waals surface area contributed by atoms with Crippen molar-refractivity contribution < 1.29 is 14.3 Å². The molecule has 7 heteroatoms. The summed E-state index contributed by atoms with van der Waals surface area (Å²) in [5.41, 5.74) is 0.773. The van der Waals surface area contributed by atoms with Gasteiger partial charge in [-0.25, -0.2) is 4.63 Å². The van der Waals surface area contributed by atoms with Gasteiger partial charge in [0.15, 0.2) is 0 Å². The third-order valence-electron chi connectivity index (χ3n) is 2.68. The van der Waals surface area contributed by atoms with Crippen LogP contribution in [-0.2, 0) is 11.2 Å². The Morgan fingerprint density at radius 2 is 2.06 bits per heavy atom. The molecule has 7 nitrogen and oxygen atoms in total. The molecule has 0 spiro atoms. The molecule has 1 aromatic heterocycles. The van der Waals surface area contributed by atoms with Crippen molar-refractivity contribution in [3.8, 4) is 0 Å². The van der Waals surface area contributed by atoms with Crippen molar-refractivity contribution in [2.45, 2.75) is 20.3 Å². The number of nitrogens with zero attached hydrogens (tertiary/aromatic N) is 3. The second kappa shape index (κ2) is 4.52. The molecule has 0 saturated carbocycles. The predicted molar refractivity (Wildman–Crippen MR) is 62.0 cm³/mol. The Hall–Kier alpha value is -2.31. The van der Waals surface area contributed by atoms with E-state index in [4.69, 9.17) is 0 Å². The standard InChI is InChI=1S/C11H11N3O4/c1-6(2)9(15)5-7-3-4-8(14(16)17)11-10(7)12-18-13-11/h3-4,6H,5H2,1-2H3. The van der Waals surface area contributed by atoms with Gasteiger partial charge in [-0.15, -0.1) is 0 Å². The SMILES string of the molecule is CC(C)C(=O)Cc1ccc([N+](=O)[O-])c2nonc12. The Labute approximate surface area is 102 Å². The molecule has 94 valence electrons. The summed E-state index contributed by atoms with van der Waals surface area (Å²) in [5, 5.41) is 17.9. The minimum Gasteiger partial charge on any atom is -0.299 e. The molecular weight excluding hydrogens is 238 g/mol. The fourth-order valence-corrected chi connectivity index (χ4v) is 1.59. The Morgan fingerprint density at radius 3 is 2.67 bits per heavy atom. The predicted octanol–water partition coefficient (Wildman–Crippen LogP) is 1.90. The Bertz CT molecular complexity index is 618. The van der Waals surface area contributed by atoms with E-state index in [-0.39, 0.29) is 34.8 Å². The van der Waals surface area contributed by atoms with Crippen LogP contribution in [0.5, 0.6) is 0 Å². The van der Waals surface area contributed by atoms with Crippen LogP contribution in [0.1, 0.15) is 19.4 Å². The first kappa shape index (κ1) is 12.2. The maximum atomic E-state index is 11.7. The maximum absolute atomic E-state index is 11.7. The summed E-state index contributed by atoms with van der Waals surface area (Å²) in [4.78, 5) is 21.9. The second-order valence-corrected chi connectivity index (χ2v) is 4.26. The fraction of sp³-hybridized carbons (Fsp3) is 0.364. The van der Waals surface area contributed by atoms with Crippen LogP contribution in [0.4, 0.5) is 5.69 Å². The molecule has 0 unspecified atom stereocenters. The minimum atomic E-state index is -0.555. The van der Waals surface area contributed by atoms with Gasteiger partial charge in [0, 0.05) is 18.4 Å². The molecule has 1 heterocycles. The van der Waals surface area contributed by atoms with Crippen LogP contribution in [-0.4, -0.2) is 21.0 Å². The Morgan fingerprint density at radius 1 is 1.39 bits per heavy atom. The highest BCUT2D eigenvalue weighted by atomic mass is 16.6. The minimum absolute atomic E-state index is 0.0353. The van der Waals surface area contributed by atoms with Crippen LogP contribution in [0.25, 0.3) is 11.0 Å². The van der Waals surface area contributed by atoms with Crippen molar-refractivity contribution >= 4 is 22.5 Å². The average molecular weight is 249 g/mol. The lowest BCUT2D eigenvalue weighted by molar-refractivity contribution is -0.383. The lowest BCUT2D eigenvalue weighted by atomic mass is 10.00. The number of rotatable bonds is 4. The molecule has 18 heavy (non-hydrogen) atoms. The van der Waals surface area contributed by atoms with E-state index >= 15 is 0 Å². The lowest BCUT2D eigenvalue weighted by Gasteiger charge is -2.04.